The van der Waals surface area contributed by atoms with Crippen molar-refractivity contribution < 1.29 is 19.5 Å². The molecule has 0 radical (unpaired) electrons. The molecule has 0 aromatic rings. The van der Waals surface area contributed by atoms with Gasteiger partial charge in [0.05, 0.1) is 6.42 Å². The van der Waals surface area contributed by atoms with Crippen LogP contribution in [0.1, 0.15) is 6.42 Å². The standard InChI is InChI=1S/C9H14N2O4/c1-10-2-4-11(5-3-10)8(13)6-7(12)9(14)15/h2-6H2,1H3,(H,14,15). The highest BCUT2D eigenvalue weighted by atomic mass is 16.4. The summed E-state index contributed by atoms with van der Waals surface area (Å²) in [7, 11) is 1.95. The second-order valence-corrected chi connectivity index (χ2v) is 3.59. The van der Waals surface area contributed by atoms with Crippen molar-refractivity contribution in [1.82, 2.24) is 9.80 Å². The molecule has 1 fully saturated rings. The van der Waals surface area contributed by atoms with Crippen LogP contribution in [0.2, 0.25) is 0 Å². The molecule has 0 atom stereocenters. The number of ketones is 1. The number of Topliss-reactive ketones (excluding diaryl/α,β-unsaturated/α-hetero) is 1. The lowest BCUT2D eigenvalue weighted by molar-refractivity contribution is -0.151. The zero-order chi connectivity index (χ0) is 11.4. The SMILES string of the molecule is CN1CCN(C(=O)CC(=O)C(=O)O)CC1. The van der Waals surface area contributed by atoms with E-state index in [-0.39, 0.29) is 0 Å². The van der Waals surface area contributed by atoms with E-state index in [4.69, 9.17) is 5.11 Å². The van der Waals surface area contributed by atoms with E-state index < -0.39 is 24.1 Å². The van der Waals surface area contributed by atoms with Gasteiger partial charge in [0.15, 0.2) is 0 Å². The van der Waals surface area contributed by atoms with E-state index in [2.05, 4.69) is 4.90 Å². The lowest BCUT2D eigenvalue weighted by atomic mass is 10.2. The fraction of sp³-hybridized carbons (Fsp3) is 0.667. The molecule has 6 heteroatoms. The van der Waals surface area contributed by atoms with Gasteiger partial charge in [-0.3, -0.25) is 9.59 Å². The van der Waals surface area contributed by atoms with Crippen molar-refractivity contribution in [3.05, 3.63) is 0 Å². The van der Waals surface area contributed by atoms with Crippen LogP contribution in [0.3, 0.4) is 0 Å². The van der Waals surface area contributed by atoms with Gasteiger partial charge in [0.25, 0.3) is 0 Å². The summed E-state index contributed by atoms with van der Waals surface area (Å²) in [5, 5.41) is 8.34. The summed E-state index contributed by atoms with van der Waals surface area (Å²) in [6.45, 7) is 2.63. The minimum Gasteiger partial charge on any atom is -0.475 e. The number of piperazine rings is 1. The van der Waals surface area contributed by atoms with Gasteiger partial charge in [0.2, 0.25) is 11.7 Å². The highest BCUT2D eigenvalue weighted by molar-refractivity contribution is 6.36. The first-order valence-corrected chi connectivity index (χ1v) is 4.73. The number of hydrogen-bond acceptors (Lipinski definition) is 4. The van der Waals surface area contributed by atoms with Crippen LogP contribution in [-0.4, -0.2) is 65.8 Å². The van der Waals surface area contributed by atoms with Gasteiger partial charge in [0, 0.05) is 26.2 Å². The van der Waals surface area contributed by atoms with E-state index in [0.29, 0.717) is 13.1 Å². The number of hydrogen-bond donors (Lipinski definition) is 1. The minimum absolute atomic E-state index is 0.393. The first kappa shape index (κ1) is 11.6. The number of likely N-dealkylation sites (N-methyl/N-ethyl adjacent to an activating group) is 1. The quantitative estimate of drug-likeness (QED) is 0.472. The molecule has 1 amide bonds. The molecule has 15 heavy (non-hydrogen) atoms. The molecule has 1 rings (SSSR count). The maximum Gasteiger partial charge on any atom is 0.372 e. The van der Waals surface area contributed by atoms with Crippen molar-refractivity contribution in [2.45, 2.75) is 6.42 Å². The van der Waals surface area contributed by atoms with Gasteiger partial charge in [-0.2, -0.15) is 0 Å². The maximum absolute atomic E-state index is 11.4. The van der Waals surface area contributed by atoms with E-state index in [9.17, 15) is 14.4 Å². The minimum atomic E-state index is -1.54. The molecule has 1 aliphatic heterocycles. The molecule has 1 saturated heterocycles. The van der Waals surface area contributed by atoms with Gasteiger partial charge in [-0.1, -0.05) is 0 Å². The molecule has 84 valence electrons. The van der Waals surface area contributed by atoms with Crippen LogP contribution in [0, 0.1) is 0 Å². The zero-order valence-corrected chi connectivity index (χ0v) is 8.60. The van der Waals surface area contributed by atoms with Crippen molar-refractivity contribution in [3.8, 4) is 0 Å². The molecule has 1 aliphatic rings. The highest BCUT2D eigenvalue weighted by Gasteiger charge is 2.23. The van der Waals surface area contributed by atoms with Crippen LogP contribution in [0.4, 0.5) is 0 Å². The van der Waals surface area contributed by atoms with Crippen LogP contribution in [0.25, 0.3) is 0 Å². The fourth-order valence-corrected chi connectivity index (χ4v) is 1.38. The number of carboxylic acid groups (broad SMARTS) is 1. The van der Waals surface area contributed by atoms with Gasteiger partial charge >= 0.3 is 5.97 Å². The summed E-state index contributed by atoms with van der Waals surface area (Å²) >= 11 is 0. The lowest BCUT2D eigenvalue weighted by Crippen LogP contribution is -2.47. The number of aliphatic carboxylic acids is 1. The Hall–Kier alpha value is -1.43. The summed E-state index contributed by atoms with van der Waals surface area (Å²) in [5.41, 5.74) is 0. The van der Waals surface area contributed by atoms with Gasteiger partial charge in [-0.05, 0) is 7.05 Å². The van der Waals surface area contributed by atoms with Crippen LogP contribution >= 0.6 is 0 Å². The molecule has 6 nitrogen and oxygen atoms in total. The Balaban J connectivity index is 2.41. The van der Waals surface area contributed by atoms with Crippen molar-refractivity contribution in [2.24, 2.45) is 0 Å². The van der Waals surface area contributed by atoms with Crippen LogP contribution in [0.15, 0.2) is 0 Å². The van der Waals surface area contributed by atoms with E-state index in [0.717, 1.165) is 13.1 Å². The lowest BCUT2D eigenvalue weighted by Gasteiger charge is -2.32. The number of carbonyl (C=O) groups is 3. The molecular formula is C9H14N2O4. The van der Waals surface area contributed by atoms with Crippen LogP contribution in [0.5, 0.6) is 0 Å². The molecule has 0 aromatic heterocycles. The third-order valence-corrected chi connectivity index (χ3v) is 2.41. The first-order chi connectivity index (χ1) is 7.00. The fourth-order valence-electron chi connectivity index (χ4n) is 1.38. The summed E-state index contributed by atoms with van der Waals surface area (Å²) < 4.78 is 0. The smallest absolute Gasteiger partial charge is 0.372 e. The van der Waals surface area contributed by atoms with Crippen LogP contribution < -0.4 is 0 Å². The Morgan fingerprint density at radius 3 is 2.13 bits per heavy atom. The highest BCUT2D eigenvalue weighted by Crippen LogP contribution is 2.02. The Labute approximate surface area is 87.5 Å². The van der Waals surface area contributed by atoms with E-state index in [1.54, 1.807) is 0 Å². The van der Waals surface area contributed by atoms with Gasteiger partial charge in [-0.25, -0.2) is 4.79 Å². The second kappa shape index (κ2) is 4.88. The summed E-state index contributed by atoms with van der Waals surface area (Å²) in [4.78, 5) is 36.1. The molecule has 0 saturated carbocycles. The number of carbonyl (C=O) groups excluding carboxylic acids is 2. The predicted molar refractivity (Wildman–Crippen MR) is 51.3 cm³/mol. The molecular weight excluding hydrogens is 200 g/mol. The van der Waals surface area contributed by atoms with Crippen molar-refractivity contribution in [2.75, 3.05) is 33.2 Å². The largest absolute Gasteiger partial charge is 0.475 e. The molecule has 0 aliphatic carbocycles. The summed E-state index contributed by atoms with van der Waals surface area (Å²) in [6, 6.07) is 0. The molecule has 0 bridgehead atoms. The third-order valence-electron chi connectivity index (χ3n) is 2.41. The average Bonchev–Trinajstić information content (AvgIpc) is 2.18. The molecule has 0 unspecified atom stereocenters. The molecule has 0 aromatic carbocycles. The Bertz CT molecular complexity index is 282. The summed E-state index contributed by atoms with van der Waals surface area (Å²) in [6.07, 6.45) is -0.529. The number of carboxylic acids is 1. The van der Waals surface area contributed by atoms with Gasteiger partial charge < -0.3 is 14.9 Å². The van der Waals surface area contributed by atoms with Gasteiger partial charge in [0.1, 0.15) is 0 Å². The van der Waals surface area contributed by atoms with E-state index in [1.165, 1.54) is 4.90 Å². The van der Waals surface area contributed by atoms with Crippen molar-refractivity contribution in [3.63, 3.8) is 0 Å². The molecule has 1 N–H and O–H groups in total. The zero-order valence-electron chi connectivity index (χ0n) is 8.60. The maximum atomic E-state index is 11.4. The molecule has 1 heterocycles. The number of amides is 1. The Morgan fingerprint density at radius 1 is 1.13 bits per heavy atom. The van der Waals surface area contributed by atoms with Crippen molar-refractivity contribution in [1.29, 1.82) is 0 Å². The van der Waals surface area contributed by atoms with Crippen molar-refractivity contribution >= 4 is 17.7 Å². The normalized spacial score (nSPS) is 17.5. The van der Waals surface area contributed by atoms with Crippen LogP contribution in [-0.2, 0) is 14.4 Å². The number of nitrogens with zero attached hydrogens (tertiary/aromatic N) is 2. The topological polar surface area (TPSA) is 77.9 Å². The predicted octanol–water partition coefficient (Wildman–Crippen LogP) is -1.20. The Morgan fingerprint density at radius 2 is 1.67 bits per heavy atom. The average molecular weight is 214 g/mol. The first-order valence-electron chi connectivity index (χ1n) is 4.73. The Kier molecular flexibility index (Phi) is 3.79. The third kappa shape index (κ3) is 3.32. The summed E-state index contributed by atoms with van der Waals surface area (Å²) in [5.74, 6) is -2.98. The second-order valence-electron chi connectivity index (χ2n) is 3.59. The van der Waals surface area contributed by atoms with Gasteiger partial charge in [-0.15, -0.1) is 0 Å². The monoisotopic (exact) mass is 214 g/mol. The van der Waals surface area contributed by atoms with E-state index in [1.807, 2.05) is 7.05 Å². The van der Waals surface area contributed by atoms with E-state index >= 15 is 0 Å². The number of rotatable bonds is 3. The molecule has 0 spiro atoms.